The van der Waals surface area contributed by atoms with E-state index in [0.717, 1.165) is 0 Å². The molecule has 0 saturated carbocycles. The van der Waals surface area contributed by atoms with Crippen LogP contribution in [-0.2, 0) is 9.59 Å². The number of rotatable bonds is 4. The molecule has 1 aliphatic rings. The van der Waals surface area contributed by atoms with E-state index in [1.807, 2.05) is 0 Å². The molecule has 1 aromatic rings. The van der Waals surface area contributed by atoms with Crippen LogP contribution in [0.4, 0.5) is 0 Å². The SMILES string of the molecule is COc1cc(/C=C/C(=O)N2CCC[C@H]2C(=O)NO)ccc1O. The average Bonchev–Trinajstić information content (AvgIpc) is 3.02. The number of likely N-dealkylation sites (tertiary alicyclic amines) is 1. The van der Waals surface area contributed by atoms with E-state index in [1.165, 1.54) is 24.2 Å². The van der Waals surface area contributed by atoms with Crippen molar-refractivity contribution in [2.45, 2.75) is 18.9 Å². The number of carbonyl (C=O) groups is 2. The maximum absolute atomic E-state index is 12.2. The summed E-state index contributed by atoms with van der Waals surface area (Å²) in [5.41, 5.74) is 2.27. The summed E-state index contributed by atoms with van der Waals surface area (Å²) >= 11 is 0. The van der Waals surface area contributed by atoms with Crippen LogP contribution in [0.1, 0.15) is 18.4 Å². The third-order valence-electron chi connectivity index (χ3n) is 3.57. The highest BCUT2D eigenvalue weighted by molar-refractivity contribution is 5.95. The Kier molecular flexibility index (Phi) is 5.00. The first-order chi connectivity index (χ1) is 10.6. The number of carbonyl (C=O) groups excluding carboxylic acids is 2. The van der Waals surface area contributed by atoms with E-state index in [0.29, 0.717) is 30.7 Å². The average molecular weight is 306 g/mol. The predicted octanol–water partition coefficient (Wildman–Crippen LogP) is 0.910. The van der Waals surface area contributed by atoms with Gasteiger partial charge in [0.25, 0.3) is 5.91 Å². The molecule has 0 unspecified atom stereocenters. The molecule has 0 radical (unpaired) electrons. The van der Waals surface area contributed by atoms with E-state index in [9.17, 15) is 14.7 Å². The van der Waals surface area contributed by atoms with Gasteiger partial charge in [-0.1, -0.05) is 6.07 Å². The van der Waals surface area contributed by atoms with Crippen molar-refractivity contribution in [3.63, 3.8) is 0 Å². The Labute approximate surface area is 127 Å². The summed E-state index contributed by atoms with van der Waals surface area (Å²) in [5, 5.41) is 18.2. The summed E-state index contributed by atoms with van der Waals surface area (Å²) in [6.45, 7) is 0.472. The lowest BCUT2D eigenvalue weighted by atomic mass is 10.1. The number of hydrogen-bond acceptors (Lipinski definition) is 5. The minimum absolute atomic E-state index is 0.0187. The zero-order chi connectivity index (χ0) is 16.1. The second-order valence-electron chi connectivity index (χ2n) is 4.93. The molecule has 2 rings (SSSR count). The molecule has 22 heavy (non-hydrogen) atoms. The maximum atomic E-state index is 12.2. The molecule has 2 amide bonds. The lowest BCUT2D eigenvalue weighted by Gasteiger charge is -2.21. The molecule has 0 aliphatic carbocycles. The van der Waals surface area contributed by atoms with Gasteiger partial charge in [-0.05, 0) is 36.6 Å². The molecular weight excluding hydrogens is 288 g/mol. The fourth-order valence-corrected chi connectivity index (χ4v) is 2.44. The van der Waals surface area contributed by atoms with Gasteiger partial charge in [-0.2, -0.15) is 0 Å². The van der Waals surface area contributed by atoms with Crippen molar-refractivity contribution in [2.75, 3.05) is 13.7 Å². The second-order valence-corrected chi connectivity index (χ2v) is 4.93. The van der Waals surface area contributed by atoms with Crippen LogP contribution < -0.4 is 10.2 Å². The molecule has 7 heteroatoms. The van der Waals surface area contributed by atoms with Gasteiger partial charge < -0.3 is 14.7 Å². The number of methoxy groups -OCH3 is 1. The minimum atomic E-state index is -0.642. The Morgan fingerprint density at radius 2 is 2.23 bits per heavy atom. The van der Waals surface area contributed by atoms with E-state index in [-0.39, 0.29) is 11.7 Å². The van der Waals surface area contributed by atoms with Crippen molar-refractivity contribution >= 4 is 17.9 Å². The summed E-state index contributed by atoms with van der Waals surface area (Å²) in [7, 11) is 1.44. The molecule has 7 nitrogen and oxygen atoms in total. The van der Waals surface area contributed by atoms with Gasteiger partial charge in [0.2, 0.25) is 5.91 Å². The highest BCUT2D eigenvalue weighted by atomic mass is 16.5. The van der Waals surface area contributed by atoms with E-state index < -0.39 is 11.9 Å². The first kappa shape index (κ1) is 15.8. The molecule has 1 atom stereocenters. The number of nitrogens with one attached hydrogen (secondary N) is 1. The van der Waals surface area contributed by atoms with Gasteiger partial charge in [0.1, 0.15) is 6.04 Å². The summed E-state index contributed by atoms with van der Waals surface area (Å²) in [6.07, 6.45) is 4.18. The van der Waals surface area contributed by atoms with Crippen molar-refractivity contribution in [3.8, 4) is 11.5 Å². The van der Waals surface area contributed by atoms with Crippen LogP contribution in [0, 0.1) is 0 Å². The minimum Gasteiger partial charge on any atom is -0.504 e. The molecule has 1 fully saturated rings. The first-order valence-corrected chi connectivity index (χ1v) is 6.86. The summed E-state index contributed by atoms with van der Waals surface area (Å²) in [4.78, 5) is 25.1. The highest BCUT2D eigenvalue weighted by Crippen LogP contribution is 2.27. The Morgan fingerprint density at radius 3 is 2.91 bits per heavy atom. The molecule has 0 bridgehead atoms. The van der Waals surface area contributed by atoms with Gasteiger partial charge in [0.05, 0.1) is 7.11 Å². The van der Waals surface area contributed by atoms with Gasteiger partial charge in [0.15, 0.2) is 11.5 Å². The van der Waals surface area contributed by atoms with Crippen molar-refractivity contribution in [3.05, 3.63) is 29.8 Å². The number of benzene rings is 1. The van der Waals surface area contributed by atoms with Gasteiger partial charge in [-0.25, -0.2) is 5.48 Å². The highest BCUT2D eigenvalue weighted by Gasteiger charge is 2.32. The van der Waals surface area contributed by atoms with E-state index in [1.54, 1.807) is 23.7 Å². The Bertz CT molecular complexity index is 600. The summed E-state index contributed by atoms with van der Waals surface area (Å²) < 4.78 is 5.00. The molecule has 0 aromatic heterocycles. The van der Waals surface area contributed by atoms with Crippen LogP contribution in [0.25, 0.3) is 6.08 Å². The van der Waals surface area contributed by atoms with Crippen LogP contribution in [0.15, 0.2) is 24.3 Å². The van der Waals surface area contributed by atoms with Crippen LogP contribution in [-0.4, -0.2) is 46.7 Å². The predicted molar refractivity (Wildman–Crippen MR) is 78.4 cm³/mol. The number of ether oxygens (including phenoxy) is 1. The standard InChI is InChI=1S/C15H18N2O5/c1-22-13-9-10(4-6-12(13)18)5-7-14(19)17-8-2-3-11(17)15(20)16-21/h4-7,9,11,18,21H,2-3,8H2,1H3,(H,16,20)/b7-5+/t11-/m0/s1. The number of hydroxylamine groups is 1. The molecule has 1 aliphatic heterocycles. The monoisotopic (exact) mass is 306 g/mol. The third kappa shape index (κ3) is 3.37. The van der Waals surface area contributed by atoms with Crippen LogP contribution in [0.2, 0.25) is 0 Å². The summed E-state index contributed by atoms with van der Waals surface area (Å²) in [6, 6.07) is 4.07. The number of nitrogens with zero attached hydrogens (tertiary/aromatic N) is 1. The number of phenolic OH excluding ortho intramolecular Hbond substituents is 1. The third-order valence-corrected chi connectivity index (χ3v) is 3.57. The number of hydrogen-bond donors (Lipinski definition) is 3. The lowest BCUT2D eigenvalue weighted by molar-refractivity contribution is -0.140. The summed E-state index contributed by atoms with van der Waals surface area (Å²) in [5.74, 6) is -0.554. The Morgan fingerprint density at radius 1 is 1.45 bits per heavy atom. The number of amides is 2. The maximum Gasteiger partial charge on any atom is 0.266 e. The first-order valence-electron chi connectivity index (χ1n) is 6.86. The molecule has 0 spiro atoms. The van der Waals surface area contributed by atoms with Gasteiger partial charge in [-0.3, -0.25) is 14.8 Å². The smallest absolute Gasteiger partial charge is 0.266 e. The van der Waals surface area contributed by atoms with Crippen molar-refractivity contribution < 1.29 is 24.6 Å². The van der Waals surface area contributed by atoms with Crippen LogP contribution in [0.3, 0.4) is 0 Å². The van der Waals surface area contributed by atoms with Crippen molar-refractivity contribution in [2.24, 2.45) is 0 Å². The Hall–Kier alpha value is -2.54. The fraction of sp³-hybridized carbons (Fsp3) is 0.333. The topological polar surface area (TPSA) is 99.1 Å². The normalized spacial score (nSPS) is 17.7. The number of phenols is 1. The van der Waals surface area contributed by atoms with Gasteiger partial charge in [-0.15, -0.1) is 0 Å². The number of aromatic hydroxyl groups is 1. The van der Waals surface area contributed by atoms with Gasteiger partial charge in [0, 0.05) is 12.6 Å². The molecule has 1 saturated heterocycles. The van der Waals surface area contributed by atoms with Crippen LogP contribution in [0.5, 0.6) is 11.5 Å². The zero-order valence-corrected chi connectivity index (χ0v) is 12.2. The van der Waals surface area contributed by atoms with E-state index in [2.05, 4.69) is 0 Å². The van der Waals surface area contributed by atoms with Crippen molar-refractivity contribution in [1.29, 1.82) is 0 Å². The molecule has 1 heterocycles. The largest absolute Gasteiger partial charge is 0.504 e. The van der Waals surface area contributed by atoms with Crippen LogP contribution >= 0.6 is 0 Å². The Balaban J connectivity index is 2.09. The molecule has 3 N–H and O–H groups in total. The molecule has 1 aromatic carbocycles. The zero-order valence-electron chi connectivity index (χ0n) is 12.2. The van der Waals surface area contributed by atoms with E-state index in [4.69, 9.17) is 9.94 Å². The van der Waals surface area contributed by atoms with Crippen molar-refractivity contribution in [1.82, 2.24) is 10.4 Å². The van der Waals surface area contributed by atoms with E-state index >= 15 is 0 Å². The quantitative estimate of drug-likeness (QED) is 0.436. The second kappa shape index (κ2) is 6.95. The molecule has 118 valence electrons. The lowest BCUT2D eigenvalue weighted by Crippen LogP contribution is -2.44. The van der Waals surface area contributed by atoms with Gasteiger partial charge >= 0.3 is 0 Å². The fourth-order valence-electron chi connectivity index (χ4n) is 2.44. The molecular formula is C15H18N2O5.